The number of nitrogens with zero attached hydrogens (tertiary/aromatic N) is 2. The smallest absolute Gasteiger partial charge is 0.234 e. The molecule has 3 rings (SSSR count). The molecule has 2 fully saturated rings. The molecule has 2 aliphatic rings. The van der Waals surface area contributed by atoms with E-state index in [1.807, 2.05) is 17.9 Å². The van der Waals surface area contributed by atoms with E-state index in [-0.39, 0.29) is 22.2 Å². The standard InChI is InChI=1S/C17H22N2OS/c1-15(2)11-17(15,13-5-4-10-21-13)14(20)19-8-6-16(3,12-18)7-9-19/h4-5,10H,6-9,11H2,1-3H3. The highest BCUT2D eigenvalue weighted by Crippen LogP contribution is 2.66. The molecule has 112 valence electrons. The maximum absolute atomic E-state index is 13.1. The quantitative estimate of drug-likeness (QED) is 0.838. The minimum atomic E-state index is -0.318. The molecule has 0 radical (unpaired) electrons. The zero-order chi connectivity index (χ0) is 15.3. The lowest BCUT2D eigenvalue weighted by atomic mass is 9.81. The van der Waals surface area contributed by atoms with Gasteiger partial charge < -0.3 is 4.90 Å². The maximum Gasteiger partial charge on any atom is 0.234 e. The normalized spacial score (nSPS) is 29.7. The molecular weight excluding hydrogens is 280 g/mol. The van der Waals surface area contributed by atoms with Crippen molar-refractivity contribution in [1.29, 1.82) is 5.26 Å². The van der Waals surface area contributed by atoms with Crippen molar-refractivity contribution >= 4 is 17.2 Å². The average Bonchev–Trinajstić information content (AvgIpc) is 2.84. The topological polar surface area (TPSA) is 44.1 Å². The summed E-state index contributed by atoms with van der Waals surface area (Å²) in [6.07, 6.45) is 2.51. The van der Waals surface area contributed by atoms with Crippen LogP contribution in [-0.2, 0) is 10.2 Å². The molecule has 2 heterocycles. The molecule has 1 saturated heterocycles. The Kier molecular flexibility index (Phi) is 3.18. The molecule has 1 amide bonds. The number of rotatable bonds is 2. The number of thiophene rings is 1. The molecule has 21 heavy (non-hydrogen) atoms. The molecule has 1 saturated carbocycles. The lowest BCUT2D eigenvalue weighted by Crippen LogP contribution is -2.47. The summed E-state index contributed by atoms with van der Waals surface area (Å²) < 4.78 is 0. The van der Waals surface area contributed by atoms with E-state index in [9.17, 15) is 10.1 Å². The van der Waals surface area contributed by atoms with E-state index in [1.54, 1.807) is 11.3 Å². The Balaban J connectivity index is 1.81. The van der Waals surface area contributed by atoms with Crippen LogP contribution in [0.15, 0.2) is 17.5 Å². The van der Waals surface area contributed by atoms with Gasteiger partial charge in [-0.3, -0.25) is 4.79 Å². The van der Waals surface area contributed by atoms with Crippen LogP contribution in [0.1, 0.15) is 44.9 Å². The highest BCUT2D eigenvalue weighted by Gasteiger charge is 2.68. The van der Waals surface area contributed by atoms with Crippen LogP contribution in [0.4, 0.5) is 0 Å². The van der Waals surface area contributed by atoms with Crippen molar-refractivity contribution < 1.29 is 4.79 Å². The summed E-state index contributed by atoms with van der Waals surface area (Å²) in [6.45, 7) is 7.81. The fraction of sp³-hybridized carbons (Fsp3) is 0.647. The SMILES string of the molecule is CC1(C#N)CCN(C(=O)C2(c3cccs3)CC2(C)C)CC1. The first kappa shape index (κ1) is 14.6. The average molecular weight is 302 g/mol. The number of amides is 1. The predicted octanol–water partition coefficient (Wildman–Crippen LogP) is 3.57. The molecular formula is C17H22N2OS. The predicted molar refractivity (Wildman–Crippen MR) is 83.9 cm³/mol. The van der Waals surface area contributed by atoms with Crippen LogP contribution in [-0.4, -0.2) is 23.9 Å². The highest BCUT2D eigenvalue weighted by molar-refractivity contribution is 7.10. The first-order valence-electron chi connectivity index (χ1n) is 7.59. The van der Waals surface area contributed by atoms with E-state index < -0.39 is 0 Å². The van der Waals surface area contributed by atoms with Gasteiger partial charge in [-0.25, -0.2) is 0 Å². The lowest BCUT2D eigenvalue weighted by molar-refractivity contribution is -0.136. The number of nitriles is 1. The molecule has 1 aromatic rings. The number of likely N-dealkylation sites (tertiary alicyclic amines) is 1. The number of carbonyl (C=O) groups is 1. The van der Waals surface area contributed by atoms with Gasteiger partial charge >= 0.3 is 0 Å². The van der Waals surface area contributed by atoms with E-state index in [2.05, 4.69) is 31.4 Å². The second-order valence-corrected chi connectivity index (χ2v) is 8.36. The number of hydrogen-bond acceptors (Lipinski definition) is 3. The van der Waals surface area contributed by atoms with Crippen LogP contribution >= 0.6 is 11.3 Å². The third-order valence-electron chi connectivity index (χ3n) is 5.47. The zero-order valence-electron chi connectivity index (χ0n) is 13.0. The van der Waals surface area contributed by atoms with Crippen LogP contribution in [0.2, 0.25) is 0 Å². The fourth-order valence-electron chi connectivity index (χ4n) is 3.62. The largest absolute Gasteiger partial charge is 0.342 e. The van der Waals surface area contributed by atoms with Gasteiger partial charge in [-0.05, 0) is 43.0 Å². The summed E-state index contributed by atoms with van der Waals surface area (Å²) in [6, 6.07) is 6.53. The Bertz CT molecular complexity index is 591. The monoisotopic (exact) mass is 302 g/mol. The van der Waals surface area contributed by atoms with E-state index in [4.69, 9.17) is 0 Å². The van der Waals surface area contributed by atoms with E-state index in [1.165, 1.54) is 4.88 Å². The number of carbonyl (C=O) groups excluding carboxylic acids is 1. The van der Waals surface area contributed by atoms with Gasteiger partial charge in [0.15, 0.2) is 0 Å². The summed E-state index contributed by atoms with van der Waals surface area (Å²) in [5.41, 5.74) is -0.529. The second-order valence-electron chi connectivity index (χ2n) is 7.41. The minimum Gasteiger partial charge on any atom is -0.342 e. The first-order chi connectivity index (χ1) is 9.85. The molecule has 1 aliphatic heterocycles. The van der Waals surface area contributed by atoms with Crippen LogP contribution in [0.5, 0.6) is 0 Å². The van der Waals surface area contributed by atoms with E-state index in [0.717, 1.165) is 19.3 Å². The van der Waals surface area contributed by atoms with Gasteiger partial charge in [-0.2, -0.15) is 5.26 Å². The molecule has 0 spiro atoms. The van der Waals surface area contributed by atoms with Gasteiger partial charge in [0.25, 0.3) is 0 Å². The van der Waals surface area contributed by atoms with Crippen molar-refractivity contribution in [3.05, 3.63) is 22.4 Å². The molecule has 1 unspecified atom stereocenters. The summed E-state index contributed by atoms with van der Waals surface area (Å²) in [4.78, 5) is 16.3. The Morgan fingerprint density at radius 2 is 1.95 bits per heavy atom. The molecule has 0 N–H and O–H groups in total. The molecule has 1 atom stereocenters. The summed E-state index contributed by atoms with van der Waals surface area (Å²) >= 11 is 1.69. The summed E-state index contributed by atoms with van der Waals surface area (Å²) in [5.74, 6) is 0.273. The van der Waals surface area contributed by atoms with Crippen molar-refractivity contribution in [2.45, 2.75) is 45.4 Å². The van der Waals surface area contributed by atoms with Gasteiger partial charge in [0.1, 0.15) is 0 Å². The highest BCUT2D eigenvalue weighted by atomic mass is 32.1. The van der Waals surface area contributed by atoms with E-state index in [0.29, 0.717) is 13.1 Å². The van der Waals surface area contributed by atoms with Gasteiger partial charge in [0.2, 0.25) is 5.91 Å². The van der Waals surface area contributed by atoms with Gasteiger partial charge in [-0.1, -0.05) is 19.9 Å². The molecule has 4 heteroatoms. The van der Waals surface area contributed by atoms with Gasteiger partial charge in [0.05, 0.1) is 16.9 Å². The van der Waals surface area contributed by atoms with Crippen LogP contribution in [0.3, 0.4) is 0 Å². The van der Waals surface area contributed by atoms with Crippen molar-refractivity contribution in [2.24, 2.45) is 10.8 Å². The lowest BCUT2D eigenvalue weighted by Gasteiger charge is -2.37. The Morgan fingerprint density at radius 1 is 1.33 bits per heavy atom. The molecule has 0 aromatic carbocycles. The van der Waals surface area contributed by atoms with Crippen molar-refractivity contribution in [1.82, 2.24) is 4.90 Å². The van der Waals surface area contributed by atoms with Crippen LogP contribution in [0, 0.1) is 22.2 Å². The van der Waals surface area contributed by atoms with Gasteiger partial charge in [0, 0.05) is 18.0 Å². The Morgan fingerprint density at radius 3 is 2.38 bits per heavy atom. The molecule has 1 aromatic heterocycles. The Hall–Kier alpha value is -1.34. The number of hydrogen-bond donors (Lipinski definition) is 0. The first-order valence-corrected chi connectivity index (χ1v) is 8.47. The van der Waals surface area contributed by atoms with Gasteiger partial charge in [-0.15, -0.1) is 11.3 Å². The Labute approximate surface area is 130 Å². The van der Waals surface area contributed by atoms with Crippen molar-refractivity contribution in [2.75, 3.05) is 13.1 Å². The minimum absolute atomic E-state index is 0.0465. The van der Waals surface area contributed by atoms with Crippen molar-refractivity contribution in [3.8, 4) is 6.07 Å². The fourth-order valence-corrected chi connectivity index (χ4v) is 4.71. The third-order valence-corrected chi connectivity index (χ3v) is 6.50. The molecule has 3 nitrogen and oxygen atoms in total. The van der Waals surface area contributed by atoms with Crippen LogP contribution < -0.4 is 0 Å². The molecule has 0 bridgehead atoms. The van der Waals surface area contributed by atoms with Crippen molar-refractivity contribution in [3.63, 3.8) is 0 Å². The summed E-state index contributed by atoms with van der Waals surface area (Å²) in [7, 11) is 0. The third kappa shape index (κ3) is 2.10. The second kappa shape index (κ2) is 4.58. The number of piperidine rings is 1. The van der Waals surface area contributed by atoms with Crippen LogP contribution in [0.25, 0.3) is 0 Å². The summed E-state index contributed by atoms with van der Waals surface area (Å²) in [5, 5.41) is 11.3. The maximum atomic E-state index is 13.1. The van der Waals surface area contributed by atoms with E-state index >= 15 is 0 Å². The molecule has 1 aliphatic carbocycles. The zero-order valence-corrected chi connectivity index (χ0v) is 13.8.